The predicted molar refractivity (Wildman–Crippen MR) is 168 cm³/mol. The summed E-state index contributed by atoms with van der Waals surface area (Å²) in [4.78, 5) is 44.2. The summed E-state index contributed by atoms with van der Waals surface area (Å²) in [5.74, 6) is -1.59. The number of nitrogens with one attached hydrogen (secondary N) is 2. The van der Waals surface area contributed by atoms with Crippen molar-refractivity contribution in [3.63, 3.8) is 0 Å². The number of ether oxygens (including phenoxy) is 2. The Morgan fingerprint density at radius 1 is 0.932 bits per heavy atom. The molecule has 2 unspecified atom stereocenters. The van der Waals surface area contributed by atoms with Crippen molar-refractivity contribution in [3.05, 3.63) is 66.7 Å². The minimum absolute atomic E-state index is 0.0717. The number of benzene rings is 3. The number of unbranched alkanes of at least 4 members (excludes halogenated alkanes) is 2. The average Bonchev–Trinajstić information content (AvgIpc) is 3.64. The number of nitrogens with zero attached hydrogens (tertiary/aromatic N) is 1. The second kappa shape index (κ2) is 12.2. The van der Waals surface area contributed by atoms with Gasteiger partial charge in [0.2, 0.25) is 17.7 Å². The van der Waals surface area contributed by atoms with Crippen LogP contribution in [0.4, 0.5) is 11.4 Å². The molecule has 6 rings (SSSR count). The van der Waals surface area contributed by atoms with Gasteiger partial charge in [-0.15, -0.1) is 0 Å². The first kappa shape index (κ1) is 30.1. The van der Waals surface area contributed by atoms with Gasteiger partial charge in [-0.25, -0.2) is 0 Å². The summed E-state index contributed by atoms with van der Waals surface area (Å²) in [6, 6.07) is 20.0. The molecule has 0 saturated carbocycles. The molecule has 232 valence electrons. The number of aliphatic hydroxyl groups is 1. The molecule has 0 aromatic heterocycles. The largest absolute Gasteiger partial charge is 0.494 e. The van der Waals surface area contributed by atoms with Crippen LogP contribution in [0.3, 0.4) is 0 Å². The van der Waals surface area contributed by atoms with Crippen LogP contribution in [0.5, 0.6) is 5.75 Å². The van der Waals surface area contributed by atoms with E-state index in [9.17, 15) is 19.5 Å². The maximum absolute atomic E-state index is 14.3. The Morgan fingerprint density at radius 3 is 2.39 bits per heavy atom. The number of hydrogen-bond donors (Lipinski definition) is 3. The molecule has 3 heterocycles. The second-order valence-corrected chi connectivity index (χ2v) is 12.1. The van der Waals surface area contributed by atoms with Crippen molar-refractivity contribution < 1.29 is 29.0 Å². The van der Waals surface area contributed by atoms with Crippen LogP contribution < -0.4 is 15.4 Å². The van der Waals surface area contributed by atoms with E-state index in [0.29, 0.717) is 62.4 Å². The van der Waals surface area contributed by atoms with Gasteiger partial charge >= 0.3 is 0 Å². The van der Waals surface area contributed by atoms with E-state index in [1.54, 1.807) is 29.2 Å². The molecule has 3 fully saturated rings. The van der Waals surface area contributed by atoms with Gasteiger partial charge < -0.3 is 30.1 Å². The van der Waals surface area contributed by atoms with Crippen LogP contribution in [-0.4, -0.2) is 64.7 Å². The standard InChI is InChI=1S/C35H41N3O6/c1-3-34-18-19-35(44-34)29(28(34)31(40)36-25-14-16-27(17-15-25)43-4-2)33(42)38(20-8-5-9-21-39)30(35)32(41)37-26-13-12-23-10-6-7-11-24(23)22-26/h6-7,10-17,22,28-30,39H,3-5,8-9,18-21H2,1-2H3,(H,36,40)(H,37,41)/t28-,29+,30?,34+,35?/m1/s1. The Kier molecular flexibility index (Phi) is 8.35. The number of carbonyl (C=O) groups is 3. The number of carbonyl (C=O) groups excluding carboxylic acids is 3. The van der Waals surface area contributed by atoms with Gasteiger partial charge in [-0.3, -0.25) is 14.4 Å². The molecule has 3 aliphatic heterocycles. The van der Waals surface area contributed by atoms with Gasteiger partial charge in [0.1, 0.15) is 17.4 Å². The molecule has 9 nitrogen and oxygen atoms in total. The molecule has 0 radical (unpaired) electrons. The lowest BCUT2D eigenvalue weighted by atomic mass is 9.65. The van der Waals surface area contributed by atoms with E-state index >= 15 is 0 Å². The molecule has 2 bridgehead atoms. The first-order valence-electron chi connectivity index (χ1n) is 15.8. The van der Waals surface area contributed by atoms with Crippen molar-refractivity contribution in [2.75, 3.05) is 30.4 Å². The lowest BCUT2D eigenvalue weighted by Gasteiger charge is -2.34. The number of aliphatic hydroxyl groups excluding tert-OH is 1. The summed E-state index contributed by atoms with van der Waals surface area (Å²) < 4.78 is 12.4. The molecule has 5 atom stereocenters. The van der Waals surface area contributed by atoms with Crippen molar-refractivity contribution in [2.24, 2.45) is 11.8 Å². The van der Waals surface area contributed by atoms with E-state index in [1.165, 1.54) is 0 Å². The number of hydrogen-bond acceptors (Lipinski definition) is 6. The summed E-state index contributed by atoms with van der Waals surface area (Å²) in [5.41, 5.74) is -0.686. The number of amides is 3. The van der Waals surface area contributed by atoms with Gasteiger partial charge in [-0.2, -0.15) is 0 Å². The fraction of sp³-hybridized carbons (Fsp3) is 0.457. The summed E-state index contributed by atoms with van der Waals surface area (Å²) in [6.45, 7) is 4.86. The lowest BCUT2D eigenvalue weighted by molar-refractivity contribution is -0.144. The summed E-state index contributed by atoms with van der Waals surface area (Å²) in [5, 5.41) is 17.5. The average molecular weight is 600 g/mol. The van der Waals surface area contributed by atoms with Crippen LogP contribution in [0.25, 0.3) is 10.8 Å². The Morgan fingerprint density at radius 2 is 1.66 bits per heavy atom. The van der Waals surface area contributed by atoms with Crippen molar-refractivity contribution in [1.82, 2.24) is 4.90 Å². The highest BCUT2D eigenvalue weighted by molar-refractivity contribution is 6.06. The smallest absolute Gasteiger partial charge is 0.250 e. The monoisotopic (exact) mass is 599 g/mol. The van der Waals surface area contributed by atoms with E-state index in [0.717, 1.165) is 17.2 Å². The zero-order valence-electron chi connectivity index (χ0n) is 25.4. The van der Waals surface area contributed by atoms with Gasteiger partial charge in [-0.1, -0.05) is 37.3 Å². The maximum atomic E-state index is 14.3. The molecule has 3 amide bonds. The van der Waals surface area contributed by atoms with E-state index in [4.69, 9.17) is 9.47 Å². The van der Waals surface area contributed by atoms with Gasteiger partial charge in [-0.05, 0) is 92.6 Å². The molecule has 44 heavy (non-hydrogen) atoms. The van der Waals surface area contributed by atoms with Crippen LogP contribution in [0.2, 0.25) is 0 Å². The molecule has 3 N–H and O–H groups in total. The fourth-order valence-electron chi connectivity index (χ4n) is 7.73. The summed E-state index contributed by atoms with van der Waals surface area (Å²) in [7, 11) is 0. The molecule has 3 saturated heterocycles. The molecule has 1 spiro atoms. The van der Waals surface area contributed by atoms with Crippen LogP contribution >= 0.6 is 0 Å². The predicted octanol–water partition coefficient (Wildman–Crippen LogP) is 5.13. The van der Waals surface area contributed by atoms with Gasteiger partial charge in [0.05, 0.1) is 24.0 Å². The summed E-state index contributed by atoms with van der Waals surface area (Å²) >= 11 is 0. The first-order chi connectivity index (χ1) is 21.4. The van der Waals surface area contributed by atoms with Gasteiger partial charge in [0.15, 0.2) is 0 Å². The number of anilines is 2. The van der Waals surface area contributed by atoms with Crippen molar-refractivity contribution >= 4 is 39.9 Å². The normalized spacial score (nSPS) is 27.0. The van der Waals surface area contributed by atoms with Crippen molar-refractivity contribution in [2.45, 2.75) is 69.6 Å². The minimum Gasteiger partial charge on any atom is -0.494 e. The first-order valence-corrected chi connectivity index (χ1v) is 15.8. The minimum atomic E-state index is -1.11. The van der Waals surface area contributed by atoms with Crippen LogP contribution in [0.1, 0.15) is 52.4 Å². The third-order valence-corrected chi connectivity index (χ3v) is 9.72. The molecular formula is C35H41N3O6. The molecule has 9 heteroatoms. The quantitative estimate of drug-likeness (QED) is 0.249. The van der Waals surface area contributed by atoms with Gasteiger partial charge in [0, 0.05) is 24.5 Å². The molecular weight excluding hydrogens is 558 g/mol. The fourth-order valence-corrected chi connectivity index (χ4v) is 7.73. The van der Waals surface area contributed by atoms with E-state index in [-0.39, 0.29) is 24.3 Å². The summed E-state index contributed by atoms with van der Waals surface area (Å²) in [6.07, 6.45) is 3.64. The number of likely N-dealkylation sites (tertiary alicyclic amines) is 1. The highest BCUT2D eigenvalue weighted by Gasteiger charge is 2.78. The van der Waals surface area contributed by atoms with Crippen LogP contribution in [-0.2, 0) is 19.1 Å². The SMILES string of the molecule is CCOc1ccc(NC(=O)[C@H]2[C@H]3C(=O)N(CCCCCO)C(C(=O)Nc4ccc5ccccc5c4)C34CC[C@]2(CC)O4)cc1. The molecule has 3 aliphatic rings. The lowest BCUT2D eigenvalue weighted by Crippen LogP contribution is -2.53. The van der Waals surface area contributed by atoms with Gasteiger partial charge in [0.25, 0.3) is 0 Å². The third-order valence-electron chi connectivity index (χ3n) is 9.72. The van der Waals surface area contributed by atoms with Crippen molar-refractivity contribution in [1.29, 1.82) is 0 Å². The zero-order chi connectivity index (χ0) is 30.9. The molecule has 3 aromatic carbocycles. The van der Waals surface area contributed by atoms with Crippen molar-refractivity contribution in [3.8, 4) is 5.75 Å². The third kappa shape index (κ3) is 5.12. The van der Waals surface area contributed by atoms with Crippen LogP contribution in [0.15, 0.2) is 66.7 Å². The Labute approximate surface area is 257 Å². The van der Waals surface area contributed by atoms with E-state index < -0.39 is 29.1 Å². The highest BCUT2D eigenvalue weighted by atomic mass is 16.5. The highest BCUT2D eigenvalue weighted by Crippen LogP contribution is 2.64. The molecule has 0 aliphatic carbocycles. The molecule has 3 aromatic rings. The second-order valence-electron chi connectivity index (χ2n) is 12.1. The Balaban J connectivity index is 1.31. The Hall–Kier alpha value is -3.95. The van der Waals surface area contributed by atoms with E-state index in [1.807, 2.05) is 56.3 Å². The van der Waals surface area contributed by atoms with E-state index in [2.05, 4.69) is 10.6 Å². The number of fused-ring (bicyclic) bond motifs is 2. The zero-order valence-corrected chi connectivity index (χ0v) is 25.4. The maximum Gasteiger partial charge on any atom is 0.250 e. The van der Waals surface area contributed by atoms with Crippen LogP contribution in [0, 0.1) is 11.8 Å². The number of rotatable bonds is 12. The topological polar surface area (TPSA) is 117 Å². The Bertz CT molecular complexity index is 1540.